The van der Waals surface area contributed by atoms with Crippen molar-refractivity contribution in [2.75, 3.05) is 0 Å². The van der Waals surface area contributed by atoms with Crippen LogP contribution in [0.5, 0.6) is 0 Å². The number of hydrogen-bond acceptors (Lipinski definition) is 1. The zero-order valence-electron chi connectivity index (χ0n) is 12.0. The SMILES string of the molecule is Cc1ccccc1[C@H](C)NC1CCc2cc(Cl)ccc21. The van der Waals surface area contributed by atoms with Gasteiger partial charge in [0.25, 0.3) is 0 Å². The van der Waals surface area contributed by atoms with Crippen molar-refractivity contribution in [3.05, 3.63) is 69.7 Å². The molecule has 0 heterocycles. The van der Waals surface area contributed by atoms with E-state index >= 15 is 0 Å². The summed E-state index contributed by atoms with van der Waals surface area (Å²) >= 11 is 6.07. The molecule has 0 bridgehead atoms. The van der Waals surface area contributed by atoms with Gasteiger partial charge in [0.15, 0.2) is 0 Å². The number of hydrogen-bond donors (Lipinski definition) is 1. The van der Waals surface area contributed by atoms with Crippen molar-refractivity contribution < 1.29 is 0 Å². The van der Waals surface area contributed by atoms with Crippen LogP contribution in [0.4, 0.5) is 0 Å². The summed E-state index contributed by atoms with van der Waals surface area (Å²) in [5.41, 5.74) is 5.54. The molecule has 1 unspecified atom stereocenters. The van der Waals surface area contributed by atoms with Gasteiger partial charge in [-0.1, -0.05) is 41.9 Å². The quantitative estimate of drug-likeness (QED) is 0.838. The summed E-state index contributed by atoms with van der Waals surface area (Å²) in [6.07, 6.45) is 2.28. The molecular formula is C18H20ClN. The first kappa shape index (κ1) is 13.7. The van der Waals surface area contributed by atoms with Crippen molar-refractivity contribution in [1.29, 1.82) is 0 Å². The van der Waals surface area contributed by atoms with Crippen molar-refractivity contribution in [2.45, 2.75) is 38.8 Å². The molecular weight excluding hydrogens is 266 g/mol. The maximum Gasteiger partial charge on any atom is 0.0408 e. The molecule has 0 aromatic heterocycles. The van der Waals surface area contributed by atoms with Gasteiger partial charge >= 0.3 is 0 Å². The fraction of sp³-hybridized carbons (Fsp3) is 0.333. The fourth-order valence-electron chi connectivity index (χ4n) is 3.22. The second kappa shape index (κ2) is 5.59. The number of halogens is 1. The van der Waals surface area contributed by atoms with E-state index in [1.165, 1.54) is 22.3 Å². The summed E-state index contributed by atoms with van der Waals surface area (Å²) in [5, 5.41) is 4.61. The van der Waals surface area contributed by atoms with Crippen LogP contribution in [0, 0.1) is 6.92 Å². The Balaban J connectivity index is 1.79. The maximum atomic E-state index is 6.07. The maximum absolute atomic E-state index is 6.07. The van der Waals surface area contributed by atoms with Crippen molar-refractivity contribution in [1.82, 2.24) is 5.32 Å². The van der Waals surface area contributed by atoms with Gasteiger partial charge in [0.05, 0.1) is 0 Å². The highest BCUT2D eigenvalue weighted by molar-refractivity contribution is 6.30. The van der Waals surface area contributed by atoms with Crippen LogP contribution in [0.3, 0.4) is 0 Å². The molecule has 2 atom stereocenters. The minimum absolute atomic E-state index is 0.364. The molecule has 1 nitrogen and oxygen atoms in total. The van der Waals surface area contributed by atoms with E-state index in [0.29, 0.717) is 12.1 Å². The van der Waals surface area contributed by atoms with Crippen LogP contribution < -0.4 is 5.32 Å². The van der Waals surface area contributed by atoms with E-state index < -0.39 is 0 Å². The van der Waals surface area contributed by atoms with Gasteiger partial charge in [-0.25, -0.2) is 0 Å². The Morgan fingerprint density at radius 2 is 2.00 bits per heavy atom. The topological polar surface area (TPSA) is 12.0 Å². The second-order valence-corrected chi connectivity index (χ2v) is 6.12. The first-order valence-electron chi connectivity index (χ1n) is 7.25. The summed E-state index contributed by atoms with van der Waals surface area (Å²) in [5.74, 6) is 0. The Morgan fingerprint density at radius 1 is 1.20 bits per heavy atom. The van der Waals surface area contributed by atoms with Gasteiger partial charge in [-0.05, 0) is 61.1 Å². The summed E-state index contributed by atoms with van der Waals surface area (Å²) in [6.45, 7) is 4.42. The molecule has 1 N–H and O–H groups in total. The lowest BCUT2D eigenvalue weighted by atomic mass is 10.0. The van der Waals surface area contributed by atoms with Crippen molar-refractivity contribution in [3.8, 4) is 0 Å². The number of aryl methyl sites for hydroxylation is 2. The van der Waals surface area contributed by atoms with Crippen molar-refractivity contribution in [3.63, 3.8) is 0 Å². The minimum atomic E-state index is 0.364. The highest BCUT2D eigenvalue weighted by Gasteiger charge is 2.24. The lowest BCUT2D eigenvalue weighted by molar-refractivity contribution is 0.464. The Hall–Kier alpha value is -1.31. The minimum Gasteiger partial charge on any atom is -0.303 e. The third kappa shape index (κ3) is 2.61. The molecule has 1 aliphatic carbocycles. The average molecular weight is 286 g/mol. The van der Waals surface area contributed by atoms with Gasteiger partial charge in [0.2, 0.25) is 0 Å². The number of rotatable bonds is 3. The highest BCUT2D eigenvalue weighted by Crippen LogP contribution is 2.34. The van der Waals surface area contributed by atoms with E-state index in [2.05, 4.69) is 55.6 Å². The van der Waals surface area contributed by atoms with Crippen molar-refractivity contribution >= 4 is 11.6 Å². The lowest BCUT2D eigenvalue weighted by Gasteiger charge is -2.22. The second-order valence-electron chi connectivity index (χ2n) is 5.68. The average Bonchev–Trinajstić information content (AvgIpc) is 2.81. The molecule has 0 saturated heterocycles. The predicted molar refractivity (Wildman–Crippen MR) is 85.2 cm³/mol. The molecule has 0 spiro atoms. The molecule has 0 amide bonds. The normalized spacial score (nSPS) is 18.9. The van der Waals surface area contributed by atoms with Gasteiger partial charge in [0, 0.05) is 17.1 Å². The molecule has 104 valence electrons. The third-order valence-corrected chi connectivity index (χ3v) is 4.52. The van der Waals surface area contributed by atoms with E-state index in [4.69, 9.17) is 11.6 Å². The fourth-order valence-corrected chi connectivity index (χ4v) is 3.42. The predicted octanol–water partition coefficient (Wildman–Crippen LogP) is 4.99. The van der Waals surface area contributed by atoms with Crippen LogP contribution in [-0.2, 0) is 6.42 Å². The molecule has 0 aliphatic heterocycles. The van der Waals surface area contributed by atoms with Gasteiger partial charge in [-0.15, -0.1) is 0 Å². The van der Waals surface area contributed by atoms with Crippen molar-refractivity contribution in [2.24, 2.45) is 0 Å². The van der Waals surface area contributed by atoms with Crippen LogP contribution >= 0.6 is 11.6 Å². The molecule has 0 fully saturated rings. The van der Waals surface area contributed by atoms with Gasteiger partial charge in [0.1, 0.15) is 0 Å². The summed E-state index contributed by atoms with van der Waals surface area (Å²) in [6, 6.07) is 15.7. The standard InChI is InChI=1S/C18H20ClN/c1-12-5-3-4-6-16(12)13(2)20-18-10-7-14-11-15(19)8-9-17(14)18/h3-6,8-9,11,13,18,20H,7,10H2,1-2H3/t13-,18?/m0/s1. The van der Waals surface area contributed by atoms with Gasteiger partial charge in [-0.2, -0.15) is 0 Å². The smallest absolute Gasteiger partial charge is 0.0408 e. The molecule has 0 saturated carbocycles. The van der Waals surface area contributed by atoms with Crippen LogP contribution in [0.15, 0.2) is 42.5 Å². The van der Waals surface area contributed by atoms with Crippen LogP contribution in [0.2, 0.25) is 5.02 Å². The molecule has 0 radical (unpaired) electrons. The van der Waals surface area contributed by atoms with Gasteiger partial charge < -0.3 is 5.32 Å². The van der Waals surface area contributed by atoms with Gasteiger partial charge in [-0.3, -0.25) is 0 Å². The summed E-state index contributed by atoms with van der Waals surface area (Å²) in [4.78, 5) is 0. The molecule has 20 heavy (non-hydrogen) atoms. The number of fused-ring (bicyclic) bond motifs is 1. The molecule has 2 aromatic rings. The first-order valence-corrected chi connectivity index (χ1v) is 7.63. The van der Waals surface area contributed by atoms with Crippen LogP contribution in [0.1, 0.15) is 47.7 Å². The molecule has 2 aromatic carbocycles. The molecule has 2 heteroatoms. The zero-order chi connectivity index (χ0) is 14.1. The Labute approximate surface area is 126 Å². The summed E-state index contributed by atoms with van der Waals surface area (Å²) < 4.78 is 0. The first-order chi connectivity index (χ1) is 9.65. The number of benzene rings is 2. The van der Waals surface area contributed by atoms with Crippen LogP contribution in [0.25, 0.3) is 0 Å². The van der Waals surface area contributed by atoms with E-state index in [1.54, 1.807) is 0 Å². The molecule has 1 aliphatic rings. The van der Waals surface area contributed by atoms with E-state index in [1.807, 2.05) is 6.07 Å². The monoisotopic (exact) mass is 285 g/mol. The largest absolute Gasteiger partial charge is 0.303 e. The van der Waals surface area contributed by atoms with E-state index in [-0.39, 0.29) is 0 Å². The Morgan fingerprint density at radius 3 is 2.80 bits per heavy atom. The summed E-state index contributed by atoms with van der Waals surface area (Å²) in [7, 11) is 0. The zero-order valence-corrected chi connectivity index (χ0v) is 12.7. The highest BCUT2D eigenvalue weighted by atomic mass is 35.5. The Bertz CT molecular complexity index is 621. The molecule has 3 rings (SSSR count). The Kier molecular flexibility index (Phi) is 3.82. The lowest BCUT2D eigenvalue weighted by Crippen LogP contribution is -2.23. The number of nitrogens with one attached hydrogen (secondary N) is 1. The third-order valence-electron chi connectivity index (χ3n) is 4.29. The van der Waals surface area contributed by atoms with Crippen LogP contribution in [-0.4, -0.2) is 0 Å². The van der Waals surface area contributed by atoms with E-state index in [0.717, 1.165) is 17.9 Å². The van der Waals surface area contributed by atoms with E-state index in [9.17, 15) is 0 Å².